The van der Waals surface area contributed by atoms with Crippen molar-refractivity contribution < 1.29 is 4.79 Å². The van der Waals surface area contributed by atoms with Gasteiger partial charge in [0.25, 0.3) is 0 Å². The Bertz CT molecular complexity index is 916. The Kier molecular flexibility index (Phi) is 6.15. The van der Waals surface area contributed by atoms with E-state index < -0.39 is 11.4 Å². The van der Waals surface area contributed by atoms with Crippen LogP contribution in [-0.4, -0.2) is 63.1 Å². The van der Waals surface area contributed by atoms with E-state index in [4.69, 9.17) is 38.9 Å². The SMILES string of the molecule is Cc1cn2nc([C@@H]3CCCCN3C(=O)C(CN)C(N)Cl)cc2nc1N1CC[C@H](N)C1. The number of nitrogens with zero attached hydrogens (tertiary/aromatic N) is 5. The van der Waals surface area contributed by atoms with Crippen LogP contribution in [0.15, 0.2) is 12.3 Å². The zero-order valence-corrected chi connectivity index (χ0v) is 18.1. The summed E-state index contributed by atoms with van der Waals surface area (Å²) >= 11 is 6.03. The summed E-state index contributed by atoms with van der Waals surface area (Å²) in [6, 6.07) is 2.04. The number of amides is 1. The Labute approximate surface area is 181 Å². The van der Waals surface area contributed by atoms with E-state index in [2.05, 4.69) is 4.90 Å². The molecule has 0 radical (unpaired) electrons. The maximum atomic E-state index is 13.1. The highest BCUT2D eigenvalue weighted by Gasteiger charge is 2.35. The van der Waals surface area contributed by atoms with Crippen molar-refractivity contribution in [3.8, 4) is 0 Å². The predicted octanol–water partition coefficient (Wildman–Crippen LogP) is 0.727. The average Bonchev–Trinajstić information content (AvgIpc) is 3.33. The molecule has 0 aliphatic carbocycles. The molecule has 2 saturated heterocycles. The van der Waals surface area contributed by atoms with Crippen molar-refractivity contribution in [1.82, 2.24) is 19.5 Å². The Hall–Kier alpha value is -1.94. The van der Waals surface area contributed by atoms with Crippen LogP contribution in [0.4, 0.5) is 5.82 Å². The van der Waals surface area contributed by atoms with Crippen LogP contribution in [0.25, 0.3) is 5.65 Å². The van der Waals surface area contributed by atoms with Gasteiger partial charge in [-0.05, 0) is 32.6 Å². The highest BCUT2D eigenvalue weighted by Crippen LogP contribution is 2.33. The molecule has 2 aliphatic heterocycles. The minimum absolute atomic E-state index is 0.0994. The third-order valence-corrected chi connectivity index (χ3v) is 6.54. The van der Waals surface area contributed by atoms with Crippen LogP contribution in [0.3, 0.4) is 0 Å². The Morgan fingerprint density at radius 3 is 2.80 bits per heavy atom. The third-order valence-electron chi connectivity index (χ3n) is 6.23. The molecule has 30 heavy (non-hydrogen) atoms. The van der Waals surface area contributed by atoms with E-state index in [-0.39, 0.29) is 24.5 Å². The zero-order chi connectivity index (χ0) is 21.4. The largest absolute Gasteiger partial charge is 0.355 e. The van der Waals surface area contributed by atoms with Gasteiger partial charge in [0.1, 0.15) is 5.82 Å². The van der Waals surface area contributed by atoms with Gasteiger partial charge in [-0.1, -0.05) is 0 Å². The van der Waals surface area contributed by atoms with Crippen molar-refractivity contribution in [2.24, 2.45) is 23.1 Å². The first-order chi connectivity index (χ1) is 14.4. The summed E-state index contributed by atoms with van der Waals surface area (Å²) in [5, 5.41) is 4.76. The summed E-state index contributed by atoms with van der Waals surface area (Å²) in [5.41, 5.74) is 19.5. The third kappa shape index (κ3) is 3.99. The molecule has 4 heterocycles. The smallest absolute Gasteiger partial charge is 0.230 e. The fraction of sp³-hybridized carbons (Fsp3) is 0.650. The maximum Gasteiger partial charge on any atom is 0.230 e. The molecule has 2 fully saturated rings. The van der Waals surface area contributed by atoms with Crippen LogP contribution >= 0.6 is 11.6 Å². The number of likely N-dealkylation sites (tertiary alicyclic amines) is 1. The first-order valence-corrected chi connectivity index (χ1v) is 11.1. The Morgan fingerprint density at radius 1 is 1.33 bits per heavy atom. The van der Waals surface area contributed by atoms with Crippen molar-refractivity contribution in [2.45, 2.75) is 50.2 Å². The topological polar surface area (TPSA) is 132 Å². The van der Waals surface area contributed by atoms with Crippen molar-refractivity contribution in [1.29, 1.82) is 0 Å². The fourth-order valence-corrected chi connectivity index (χ4v) is 4.78. The lowest BCUT2D eigenvalue weighted by Crippen LogP contribution is -2.48. The minimum Gasteiger partial charge on any atom is -0.355 e. The number of hydrogen-bond donors (Lipinski definition) is 3. The predicted molar refractivity (Wildman–Crippen MR) is 117 cm³/mol. The molecular formula is C20H31ClN8O. The van der Waals surface area contributed by atoms with E-state index in [1.807, 2.05) is 24.1 Å². The van der Waals surface area contributed by atoms with E-state index in [9.17, 15) is 4.79 Å². The molecule has 0 aromatic carbocycles. The Morgan fingerprint density at radius 2 is 2.13 bits per heavy atom. The van der Waals surface area contributed by atoms with Crippen molar-refractivity contribution >= 4 is 29.0 Å². The summed E-state index contributed by atoms with van der Waals surface area (Å²) in [5.74, 6) is 0.253. The first kappa shape index (κ1) is 21.3. The van der Waals surface area contributed by atoms with Gasteiger partial charge in [0, 0.05) is 50.0 Å². The molecule has 10 heteroatoms. The van der Waals surface area contributed by atoms with Crippen molar-refractivity contribution in [3.05, 3.63) is 23.5 Å². The van der Waals surface area contributed by atoms with Gasteiger partial charge < -0.3 is 27.0 Å². The lowest BCUT2D eigenvalue weighted by Gasteiger charge is -2.37. The van der Waals surface area contributed by atoms with Crippen LogP contribution in [0.5, 0.6) is 0 Å². The van der Waals surface area contributed by atoms with Crippen molar-refractivity contribution in [3.63, 3.8) is 0 Å². The van der Waals surface area contributed by atoms with Crippen molar-refractivity contribution in [2.75, 3.05) is 31.1 Å². The molecule has 9 nitrogen and oxygen atoms in total. The number of carbonyl (C=O) groups excluding carboxylic acids is 1. The molecule has 1 amide bonds. The lowest BCUT2D eigenvalue weighted by atomic mass is 9.96. The van der Waals surface area contributed by atoms with Gasteiger partial charge >= 0.3 is 0 Å². The van der Waals surface area contributed by atoms with E-state index in [1.165, 1.54) is 0 Å². The molecule has 164 valence electrons. The normalized spacial score (nSPS) is 24.4. The van der Waals surface area contributed by atoms with Gasteiger partial charge in [0.15, 0.2) is 5.65 Å². The number of alkyl halides is 1. The highest BCUT2D eigenvalue weighted by molar-refractivity contribution is 6.21. The highest BCUT2D eigenvalue weighted by atomic mass is 35.5. The van der Waals surface area contributed by atoms with E-state index in [0.717, 1.165) is 61.5 Å². The van der Waals surface area contributed by atoms with Gasteiger partial charge in [-0.2, -0.15) is 5.10 Å². The summed E-state index contributed by atoms with van der Waals surface area (Å²) in [7, 11) is 0. The Balaban J connectivity index is 1.64. The molecular weight excluding hydrogens is 404 g/mol. The number of anilines is 1. The molecule has 0 saturated carbocycles. The number of halogens is 1. The quantitative estimate of drug-likeness (QED) is 0.466. The molecule has 2 aliphatic rings. The first-order valence-electron chi connectivity index (χ1n) is 10.7. The van der Waals surface area contributed by atoms with Crippen LogP contribution in [-0.2, 0) is 4.79 Å². The standard InChI is InChI=1S/C20H31ClN8O/c1-12-10-29-17(25-19(12)27-7-5-13(23)11-27)8-15(26-29)16-4-2-3-6-28(16)20(30)14(9-22)18(21)24/h8,10,13-14,16,18H,2-7,9,11,22-24H2,1H3/t13-,14?,16-,18?/m0/s1. The fourth-order valence-electron chi connectivity index (χ4n) is 4.56. The number of carbonyl (C=O) groups is 1. The number of fused-ring (bicyclic) bond motifs is 1. The number of piperidine rings is 1. The van der Waals surface area contributed by atoms with Crippen LogP contribution in [0.1, 0.15) is 43.0 Å². The second-order valence-electron chi connectivity index (χ2n) is 8.44. The number of hydrogen-bond acceptors (Lipinski definition) is 7. The van der Waals surface area contributed by atoms with Gasteiger partial charge in [0.2, 0.25) is 5.91 Å². The molecule has 0 spiro atoms. The van der Waals surface area contributed by atoms with Gasteiger partial charge in [-0.3, -0.25) is 4.79 Å². The lowest BCUT2D eigenvalue weighted by molar-refractivity contribution is -0.139. The molecule has 2 aromatic heterocycles. The molecule has 4 rings (SSSR count). The maximum absolute atomic E-state index is 13.1. The minimum atomic E-state index is -0.801. The van der Waals surface area contributed by atoms with Crippen LogP contribution in [0, 0.1) is 12.8 Å². The van der Waals surface area contributed by atoms with Crippen LogP contribution in [0.2, 0.25) is 0 Å². The molecule has 0 bridgehead atoms. The summed E-state index contributed by atoms with van der Waals surface area (Å²) < 4.78 is 1.80. The number of rotatable bonds is 5. The number of nitrogens with two attached hydrogens (primary N) is 3. The summed E-state index contributed by atoms with van der Waals surface area (Å²) in [4.78, 5) is 22.0. The second-order valence-corrected chi connectivity index (χ2v) is 8.95. The number of aryl methyl sites for hydroxylation is 1. The summed E-state index contributed by atoms with van der Waals surface area (Å²) in [6.07, 6.45) is 5.79. The molecule has 2 unspecified atom stereocenters. The zero-order valence-electron chi connectivity index (χ0n) is 17.4. The summed E-state index contributed by atoms with van der Waals surface area (Å²) in [6.45, 7) is 4.54. The molecule has 4 atom stereocenters. The second kappa shape index (κ2) is 8.66. The average molecular weight is 435 g/mol. The van der Waals surface area contributed by atoms with E-state index >= 15 is 0 Å². The number of aromatic nitrogens is 3. The van der Waals surface area contributed by atoms with E-state index in [0.29, 0.717) is 6.54 Å². The van der Waals surface area contributed by atoms with E-state index in [1.54, 1.807) is 4.52 Å². The van der Waals surface area contributed by atoms with Gasteiger partial charge in [0.05, 0.1) is 23.2 Å². The van der Waals surface area contributed by atoms with Crippen LogP contribution < -0.4 is 22.1 Å². The molecule has 2 aromatic rings. The molecule has 6 N–H and O–H groups in total. The van der Waals surface area contributed by atoms with Gasteiger partial charge in [-0.25, -0.2) is 9.50 Å². The monoisotopic (exact) mass is 434 g/mol. The van der Waals surface area contributed by atoms with Gasteiger partial charge in [-0.15, -0.1) is 11.6 Å².